The zero-order valence-corrected chi connectivity index (χ0v) is 15.3. The highest BCUT2D eigenvalue weighted by atomic mass is 16.5. The summed E-state index contributed by atoms with van der Waals surface area (Å²) in [4.78, 5) is 26.4. The van der Waals surface area contributed by atoms with Crippen molar-refractivity contribution in [1.82, 2.24) is 0 Å². The number of ether oxygens (including phenoxy) is 1. The number of amides is 1. The van der Waals surface area contributed by atoms with Gasteiger partial charge in [-0.25, -0.2) is 4.79 Å². The number of nitrogens with zero attached hydrogens (tertiary/aromatic N) is 2. The number of esters is 1. The molecule has 2 aromatic carbocycles. The predicted molar refractivity (Wildman–Crippen MR) is 103 cm³/mol. The number of hydrogen-bond acceptors (Lipinski definition) is 4. The lowest BCUT2D eigenvalue weighted by atomic mass is 10.1. The van der Waals surface area contributed by atoms with Crippen LogP contribution in [0.25, 0.3) is 6.08 Å². The van der Waals surface area contributed by atoms with Crippen LogP contribution in [0.15, 0.2) is 54.1 Å². The lowest BCUT2D eigenvalue weighted by Crippen LogP contribution is -2.38. The Labute approximate surface area is 158 Å². The molecule has 1 heterocycles. The number of anilines is 1. The number of fused-ring (bicyclic) bond motifs is 1. The molecule has 0 bridgehead atoms. The summed E-state index contributed by atoms with van der Waals surface area (Å²) in [5.74, 6) is -1.10. The van der Waals surface area contributed by atoms with E-state index in [9.17, 15) is 14.9 Å². The largest absolute Gasteiger partial charge is 0.451 e. The molecule has 0 unspecified atom stereocenters. The Kier molecular flexibility index (Phi) is 5.37. The molecule has 5 heteroatoms. The first-order valence-corrected chi connectivity index (χ1v) is 8.75. The van der Waals surface area contributed by atoms with Crippen molar-refractivity contribution in [2.75, 3.05) is 11.5 Å². The van der Waals surface area contributed by atoms with Crippen LogP contribution in [0, 0.1) is 18.3 Å². The topological polar surface area (TPSA) is 70.4 Å². The Hall–Kier alpha value is -3.39. The number of para-hydroxylation sites is 1. The molecular formula is C22H20N2O3. The monoisotopic (exact) mass is 360 g/mol. The van der Waals surface area contributed by atoms with Crippen LogP contribution in [0.2, 0.25) is 0 Å². The van der Waals surface area contributed by atoms with E-state index in [1.165, 1.54) is 6.08 Å². The van der Waals surface area contributed by atoms with Crippen LogP contribution in [0.5, 0.6) is 0 Å². The van der Waals surface area contributed by atoms with Crippen LogP contribution in [-0.4, -0.2) is 24.5 Å². The van der Waals surface area contributed by atoms with Gasteiger partial charge in [0, 0.05) is 11.7 Å². The van der Waals surface area contributed by atoms with Crippen molar-refractivity contribution in [2.45, 2.75) is 26.3 Å². The number of carbonyl (C=O) groups excluding carboxylic acids is 2. The maximum absolute atomic E-state index is 12.6. The minimum Gasteiger partial charge on any atom is -0.451 e. The second-order valence-electron chi connectivity index (χ2n) is 6.60. The molecule has 0 N–H and O–H groups in total. The van der Waals surface area contributed by atoms with Gasteiger partial charge in [0.05, 0.1) is 0 Å². The molecule has 0 saturated heterocycles. The predicted octanol–water partition coefficient (Wildman–Crippen LogP) is 3.42. The Bertz CT molecular complexity index is 939. The molecule has 1 amide bonds. The summed E-state index contributed by atoms with van der Waals surface area (Å²) in [7, 11) is 0. The summed E-state index contributed by atoms with van der Waals surface area (Å²) >= 11 is 0. The van der Waals surface area contributed by atoms with Crippen molar-refractivity contribution >= 4 is 23.6 Å². The van der Waals surface area contributed by atoms with Gasteiger partial charge in [0.15, 0.2) is 6.61 Å². The van der Waals surface area contributed by atoms with Gasteiger partial charge in [-0.3, -0.25) is 4.79 Å². The number of benzene rings is 2. The van der Waals surface area contributed by atoms with E-state index in [1.807, 2.05) is 68.4 Å². The van der Waals surface area contributed by atoms with Crippen molar-refractivity contribution in [3.63, 3.8) is 0 Å². The van der Waals surface area contributed by atoms with Crippen LogP contribution in [0.4, 0.5) is 5.69 Å². The fourth-order valence-electron chi connectivity index (χ4n) is 3.19. The van der Waals surface area contributed by atoms with E-state index in [4.69, 9.17) is 4.74 Å². The third-order valence-corrected chi connectivity index (χ3v) is 4.53. The highest BCUT2D eigenvalue weighted by Gasteiger charge is 2.31. The highest BCUT2D eigenvalue weighted by molar-refractivity contribution is 6.01. The van der Waals surface area contributed by atoms with Gasteiger partial charge in [-0.1, -0.05) is 48.0 Å². The van der Waals surface area contributed by atoms with E-state index >= 15 is 0 Å². The van der Waals surface area contributed by atoms with Crippen LogP contribution >= 0.6 is 0 Å². The summed E-state index contributed by atoms with van der Waals surface area (Å²) in [5.41, 5.74) is 3.62. The molecule has 1 atom stereocenters. The van der Waals surface area contributed by atoms with Gasteiger partial charge >= 0.3 is 5.97 Å². The molecule has 136 valence electrons. The molecule has 3 rings (SSSR count). The quantitative estimate of drug-likeness (QED) is 0.476. The van der Waals surface area contributed by atoms with Crippen LogP contribution in [0.3, 0.4) is 0 Å². The first-order valence-electron chi connectivity index (χ1n) is 8.75. The van der Waals surface area contributed by atoms with Crippen molar-refractivity contribution in [1.29, 1.82) is 5.26 Å². The summed E-state index contributed by atoms with van der Waals surface area (Å²) < 4.78 is 5.11. The molecule has 0 spiro atoms. The standard InChI is InChI=1S/C22H20N2O3/c1-15-7-9-17(10-8-15)12-19(13-23)22(26)27-14-21(25)24-16(2)11-18-5-3-4-6-20(18)24/h3-10,12,16H,11,14H2,1-2H3/b19-12+/t16-/m0/s1. The van der Waals surface area contributed by atoms with Gasteiger partial charge in [0.25, 0.3) is 5.91 Å². The molecular weight excluding hydrogens is 340 g/mol. The van der Waals surface area contributed by atoms with Gasteiger partial charge in [0.2, 0.25) is 0 Å². The van der Waals surface area contributed by atoms with E-state index in [0.717, 1.165) is 28.8 Å². The molecule has 5 nitrogen and oxygen atoms in total. The summed E-state index contributed by atoms with van der Waals surface area (Å²) in [6.45, 7) is 3.51. The first-order chi connectivity index (χ1) is 13.0. The molecule has 0 aliphatic carbocycles. The summed E-state index contributed by atoms with van der Waals surface area (Å²) in [5, 5.41) is 9.25. The van der Waals surface area contributed by atoms with E-state index in [2.05, 4.69) is 0 Å². The molecule has 1 aliphatic rings. The Morgan fingerprint density at radius 2 is 1.93 bits per heavy atom. The minimum atomic E-state index is -0.799. The van der Waals surface area contributed by atoms with Crippen LogP contribution in [0.1, 0.15) is 23.6 Å². The average Bonchev–Trinajstić information content (AvgIpc) is 3.01. The smallest absolute Gasteiger partial charge is 0.349 e. The van der Waals surface area contributed by atoms with Crippen LogP contribution < -0.4 is 4.90 Å². The van der Waals surface area contributed by atoms with E-state index in [0.29, 0.717) is 0 Å². The van der Waals surface area contributed by atoms with Crippen molar-refractivity contribution < 1.29 is 14.3 Å². The van der Waals surface area contributed by atoms with Crippen LogP contribution in [-0.2, 0) is 20.7 Å². The summed E-state index contributed by atoms with van der Waals surface area (Å²) in [6, 6.07) is 16.9. The fourth-order valence-corrected chi connectivity index (χ4v) is 3.19. The SMILES string of the molecule is Cc1ccc(/C=C(\C#N)C(=O)OCC(=O)N2c3ccccc3C[C@@H]2C)cc1. The maximum Gasteiger partial charge on any atom is 0.349 e. The molecule has 27 heavy (non-hydrogen) atoms. The number of rotatable bonds is 4. The van der Waals surface area contributed by atoms with Crippen molar-refractivity contribution in [3.05, 3.63) is 70.8 Å². The number of aryl methyl sites for hydroxylation is 1. The maximum atomic E-state index is 12.6. The second kappa shape index (κ2) is 7.88. The minimum absolute atomic E-state index is 0.00661. The fraction of sp³-hybridized carbons (Fsp3) is 0.227. The van der Waals surface area contributed by atoms with Gasteiger partial charge in [-0.05, 0) is 43.5 Å². The third kappa shape index (κ3) is 4.06. The van der Waals surface area contributed by atoms with E-state index in [-0.39, 0.29) is 17.5 Å². The van der Waals surface area contributed by atoms with E-state index < -0.39 is 12.6 Å². The van der Waals surface area contributed by atoms with Crippen molar-refractivity contribution in [3.8, 4) is 6.07 Å². The number of hydrogen-bond donors (Lipinski definition) is 0. The molecule has 0 aromatic heterocycles. The Morgan fingerprint density at radius 3 is 2.63 bits per heavy atom. The number of carbonyl (C=O) groups is 2. The van der Waals surface area contributed by atoms with Gasteiger partial charge in [-0.15, -0.1) is 0 Å². The molecule has 1 aliphatic heterocycles. The highest BCUT2D eigenvalue weighted by Crippen LogP contribution is 2.31. The molecule has 0 fully saturated rings. The Morgan fingerprint density at radius 1 is 1.22 bits per heavy atom. The number of nitriles is 1. The second-order valence-corrected chi connectivity index (χ2v) is 6.60. The van der Waals surface area contributed by atoms with E-state index in [1.54, 1.807) is 4.90 Å². The Balaban J connectivity index is 1.67. The third-order valence-electron chi connectivity index (χ3n) is 4.53. The van der Waals surface area contributed by atoms with Gasteiger partial charge in [0.1, 0.15) is 11.6 Å². The average molecular weight is 360 g/mol. The van der Waals surface area contributed by atoms with Crippen molar-refractivity contribution in [2.24, 2.45) is 0 Å². The first kappa shape index (κ1) is 18.4. The summed E-state index contributed by atoms with van der Waals surface area (Å²) in [6.07, 6.45) is 2.23. The zero-order valence-electron chi connectivity index (χ0n) is 15.3. The van der Waals surface area contributed by atoms with Gasteiger partial charge in [-0.2, -0.15) is 5.26 Å². The lowest BCUT2D eigenvalue weighted by molar-refractivity contribution is -0.143. The molecule has 0 radical (unpaired) electrons. The zero-order chi connectivity index (χ0) is 19.4. The van der Waals surface area contributed by atoms with Gasteiger partial charge < -0.3 is 9.64 Å². The lowest BCUT2D eigenvalue weighted by Gasteiger charge is -2.22. The normalized spacial score (nSPS) is 15.8. The molecule has 0 saturated carbocycles. The molecule has 2 aromatic rings.